The lowest BCUT2D eigenvalue weighted by molar-refractivity contribution is 0.0644. The van der Waals surface area contributed by atoms with E-state index in [2.05, 4.69) is 0 Å². The number of rotatable bonds is 4. The third kappa shape index (κ3) is 3.10. The van der Waals surface area contributed by atoms with Crippen LogP contribution in [0.5, 0.6) is 5.75 Å². The number of hydrogen-bond donors (Lipinski definition) is 5. The van der Waals surface area contributed by atoms with Crippen molar-refractivity contribution in [2.75, 3.05) is 0 Å². The number of hydrogen-bond acceptors (Lipinski definition) is 7. The fourth-order valence-corrected chi connectivity index (χ4v) is 3.34. The molecule has 0 aliphatic heterocycles. The molecule has 11 nitrogen and oxygen atoms in total. The van der Waals surface area contributed by atoms with Gasteiger partial charge in [-0.15, -0.1) is 0 Å². The van der Waals surface area contributed by atoms with Crippen molar-refractivity contribution >= 4 is 32.2 Å². The van der Waals surface area contributed by atoms with Crippen LogP contribution >= 0.6 is 0 Å². The Morgan fingerprint density at radius 2 is 1.29 bits per heavy atom. The summed E-state index contributed by atoms with van der Waals surface area (Å²) in [6.07, 6.45) is 0. The van der Waals surface area contributed by atoms with E-state index < -0.39 is 58.8 Å². The Morgan fingerprint density at radius 3 is 1.57 bits per heavy atom. The fourth-order valence-electron chi connectivity index (χ4n) is 1.41. The first-order chi connectivity index (χ1) is 9.28. The van der Waals surface area contributed by atoms with Gasteiger partial charge < -0.3 is 15.3 Å². The van der Waals surface area contributed by atoms with E-state index in [9.17, 15) is 31.5 Å². The summed E-state index contributed by atoms with van der Waals surface area (Å²) in [6, 6.07) is 1.30. The molecule has 21 heavy (non-hydrogen) atoms. The molecule has 0 heterocycles. The van der Waals surface area contributed by atoms with E-state index in [0.717, 1.165) is 0 Å². The molecule has 0 atom stereocenters. The number of phenols is 1. The van der Waals surface area contributed by atoms with Crippen molar-refractivity contribution < 1.29 is 50.8 Å². The summed E-state index contributed by atoms with van der Waals surface area (Å²) in [7, 11) is -11.0. The Hall–Kier alpha value is -2.22. The van der Waals surface area contributed by atoms with Crippen molar-refractivity contribution in [2.24, 2.45) is 0 Å². The van der Waals surface area contributed by atoms with Crippen LogP contribution in [-0.4, -0.2) is 53.2 Å². The van der Waals surface area contributed by atoms with Crippen LogP contribution in [0.15, 0.2) is 9.79 Å². The van der Waals surface area contributed by atoms with Crippen LogP contribution < -0.4 is 0 Å². The van der Waals surface area contributed by atoms with Gasteiger partial charge in [0.05, 0.1) is 6.07 Å². The van der Waals surface area contributed by atoms with Crippen molar-refractivity contribution in [3.63, 3.8) is 0 Å². The molecule has 0 bridgehead atoms. The molecule has 0 aromatic heterocycles. The van der Waals surface area contributed by atoms with E-state index in [4.69, 9.17) is 19.3 Å². The first-order valence-corrected chi connectivity index (χ1v) is 7.40. The zero-order valence-electron chi connectivity index (χ0n) is 9.50. The average molecular weight is 341 g/mol. The smallest absolute Gasteiger partial charge is 0.340 e. The Labute approximate surface area is 116 Å². The van der Waals surface area contributed by atoms with Gasteiger partial charge in [-0.3, -0.25) is 9.11 Å². The van der Waals surface area contributed by atoms with E-state index in [1.165, 1.54) is 6.07 Å². The minimum atomic E-state index is -5.59. The highest BCUT2D eigenvalue weighted by molar-refractivity contribution is 7.89. The summed E-state index contributed by atoms with van der Waals surface area (Å²) in [5, 5.41) is 26.9. The molecule has 0 unspecified atom stereocenters. The number of aromatic hydroxyl groups is 1. The maximum Gasteiger partial charge on any atom is 0.340 e. The van der Waals surface area contributed by atoms with Gasteiger partial charge in [0.25, 0.3) is 20.2 Å². The molecular formula is C8H5O11S2. The van der Waals surface area contributed by atoms with Gasteiger partial charge in [-0.05, 0) is 0 Å². The largest absolute Gasteiger partial charge is 0.506 e. The van der Waals surface area contributed by atoms with Crippen LogP contribution in [0.3, 0.4) is 0 Å². The second-order valence-corrected chi connectivity index (χ2v) is 6.16. The zero-order chi connectivity index (χ0) is 16.7. The Balaban J connectivity index is 4.28. The summed E-state index contributed by atoms with van der Waals surface area (Å²) in [4.78, 5) is 18.1. The molecule has 1 radical (unpaired) electrons. The molecule has 0 fully saturated rings. The van der Waals surface area contributed by atoms with E-state index >= 15 is 0 Å². The molecule has 0 saturated heterocycles. The quantitative estimate of drug-likeness (QED) is 0.423. The topological polar surface area (TPSA) is 204 Å². The van der Waals surface area contributed by atoms with E-state index in [1.807, 2.05) is 0 Å². The maximum absolute atomic E-state index is 11.1. The van der Waals surface area contributed by atoms with Crippen LogP contribution in [0.4, 0.5) is 0 Å². The Morgan fingerprint density at radius 1 is 0.857 bits per heavy atom. The molecule has 5 N–H and O–H groups in total. The van der Waals surface area contributed by atoms with E-state index in [0.29, 0.717) is 0 Å². The molecule has 0 aliphatic rings. The third-order valence-electron chi connectivity index (χ3n) is 2.10. The molecule has 0 amide bonds. The van der Waals surface area contributed by atoms with E-state index in [1.54, 1.807) is 0 Å². The minimum Gasteiger partial charge on any atom is -0.506 e. The van der Waals surface area contributed by atoms with Crippen molar-refractivity contribution in [1.29, 1.82) is 0 Å². The van der Waals surface area contributed by atoms with E-state index in [-0.39, 0.29) is 0 Å². The normalized spacial score (nSPS) is 12.1. The molecule has 1 aromatic rings. The van der Waals surface area contributed by atoms with Crippen LogP contribution in [0, 0.1) is 6.07 Å². The molecule has 1 rings (SSSR count). The Bertz CT molecular complexity index is 847. The second-order valence-electron chi connectivity index (χ2n) is 3.44. The van der Waals surface area contributed by atoms with Crippen molar-refractivity contribution in [3.05, 3.63) is 17.2 Å². The summed E-state index contributed by atoms with van der Waals surface area (Å²) >= 11 is 0. The van der Waals surface area contributed by atoms with Crippen molar-refractivity contribution in [3.8, 4) is 5.75 Å². The highest BCUT2D eigenvalue weighted by Gasteiger charge is 2.37. The van der Waals surface area contributed by atoms with Gasteiger partial charge in [-0.1, -0.05) is 0 Å². The summed E-state index contributed by atoms with van der Waals surface area (Å²) < 4.78 is 62.0. The summed E-state index contributed by atoms with van der Waals surface area (Å²) in [6.45, 7) is 0. The minimum absolute atomic E-state index is 1.30. The lowest BCUT2D eigenvalue weighted by atomic mass is 10.1. The number of benzene rings is 1. The number of aromatic carboxylic acids is 2. The lowest BCUT2D eigenvalue weighted by Gasteiger charge is -2.11. The lowest BCUT2D eigenvalue weighted by Crippen LogP contribution is -2.19. The first kappa shape index (κ1) is 16.8. The highest BCUT2D eigenvalue weighted by Crippen LogP contribution is 2.33. The van der Waals surface area contributed by atoms with Crippen molar-refractivity contribution in [1.82, 2.24) is 0 Å². The van der Waals surface area contributed by atoms with Crippen LogP contribution in [0.25, 0.3) is 0 Å². The SMILES string of the molecule is O=C(O)c1c(O)[c]c(S(=O)(=O)O)c(S(=O)(=O)O)c1C(=O)O. The number of carbonyl (C=O) groups is 2. The van der Waals surface area contributed by atoms with Crippen LogP contribution in [0.1, 0.15) is 20.7 Å². The van der Waals surface area contributed by atoms with Gasteiger partial charge in [0.15, 0.2) is 0 Å². The van der Waals surface area contributed by atoms with Gasteiger partial charge in [0.2, 0.25) is 0 Å². The first-order valence-electron chi connectivity index (χ1n) is 4.52. The number of carboxylic acid groups (broad SMARTS) is 2. The molecular weight excluding hydrogens is 336 g/mol. The van der Waals surface area contributed by atoms with Gasteiger partial charge in [-0.2, -0.15) is 16.8 Å². The van der Waals surface area contributed by atoms with Crippen LogP contribution in [0.2, 0.25) is 0 Å². The summed E-state index contributed by atoms with van der Waals surface area (Å²) in [5.41, 5.74) is -3.27. The van der Waals surface area contributed by atoms with Gasteiger partial charge in [0, 0.05) is 0 Å². The molecule has 0 saturated carbocycles. The Kier molecular flexibility index (Phi) is 3.97. The standard InChI is InChI=1S/C8H5O11S2/c9-2-1-3(20(14,15)16)6(21(17,18)19)5(8(12)13)4(2)7(10)11/h9H,(H,10,11)(H,12,13)(H,14,15,16)(H,17,18,19). The molecule has 115 valence electrons. The summed E-state index contributed by atoms with van der Waals surface area (Å²) in [5.74, 6) is -5.97. The van der Waals surface area contributed by atoms with Gasteiger partial charge in [0.1, 0.15) is 26.7 Å². The van der Waals surface area contributed by atoms with Gasteiger partial charge in [-0.25, -0.2) is 9.59 Å². The predicted molar refractivity (Wildman–Crippen MR) is 60.5 cm³/mol. The molecule has 1 aromatic carbocycles. The van der Waals surface area contributed by atoms with Crippen LogP contribution in [-0.2, 0) is 20.2 Å². The zero-order valence-corrected chi connectivity index (χ0v) is 11.1. The monoisotopic (exact) mass is 341 g/mol. The van der Waals surface area contributed by atoms with Gasteiger partial charge >= 0.3 is 11.9 Å². The fraction of sp³-hybridized carbons (Fsp3) is 0. The molecule has 0 spiro atoms. The molecule has 13 heteroatoms. The highest BCUT2D eigenvalue weighted by atomic mass is 32.2. The molecule has 0 aliphatic carbocycles. The van der Waals surface area contributed by atoms with Crippen molar-refractivity contribution in [2.45, 2.75) is 9.79 Å². The maximum atomic E-state index is 11.1. The number of carboxylic acids is 2. The predicted octanol–water partition coefficient (Wildman–Crippen LogP) is -0.918. The third-order valence-corrected chi connectivity index (χ3v) is 3.97. The second kappa shape index (κ2) is 4.96. The average Bonchev–Trinajstić information content (AvgIpc) is 2.23.